The Hall–Kier alpha value is -2.08. The molecule has 0 bridgehead atoms. The fourth-order valence-electron chi connectivity index (χ4n) is 1.77. The van der Waals surface area contributed by atoms with Gasteiger partial charge in [0.2, 0.25) is 0 Å². The van der Waals surface area contributed by atoms with Crippen LogP contribution in [-0.2, 0) is 0 Å². The number of nitrogens with zero attached hydrogens (tertiary/aromatic N) is 3. The standard InChI is InChI=1S/C12H10ClN3O3/c1-12(2)9(6-14-15-12)11(17)8-4-3-7(13)5-10(8)16(18)19/h3-6H,1-2H3. The van der Waals surface area contributed by atoms with Gasteiger partial charge in [-0.05, 0) is 26.0 Å². The van der Waals surface area contributed by atoms with E-state index in [-0.39, 0.29) is 16.3 Å². The van der Waals surface area contributed by atoms with Crippen LogP contribution in [-0.4, -0.2) is 16.2 Å². The SMILES string of the molecule is CC1(C)N=NC=C1C(=O)c1ccc(Cl)cc1[N+](=O)[O-]. The molecular formula is C12H10ClN3O3. The molecule has 0 amide bonds. The lowest BCUT2D eigenvalue weighted by molar-refractivity contribution is -0.385. The van der Waals surface area contributed by atoms with Crippen LogP contribution in [0.1, 0.15) is 24.2 Å². The zero-order valence-electron chi connectivity index (χ0n) is 10.3. The van der Waals surface area contributed by atoms with E-state index in [0.29, 0.717) is 5.57 Å². The highest BCUT2D eigenvalue weighted by Gasteiger charge is 2.35. The molecule has 1 aromatic rings. The van der Waals surface area contributed by atoms with Crippen molar-refractivity contribution in [2.45, 2.75) is 19.4 Å². The molecule has 19 heavy (non-hydrogen) atoms. The van der Waals surface area contributed by atoms with Crippen LogP contribution in [0.2, 0.25) is 5.02 Å². The van der Waals surface area contributed by atoms with Crippen LogP contribution >= 0.6 is 11.6 Å². The summed E-state index contributed by atoms with van der Waals surface area (Å²) in [5.41, 5.74) is -0.787. The largest absolute Gasteiger partial charge is 0.289 e. The van der Waals surface area contributed by atoms with E-state index in [1.807, 2.05) is 0 Å². The maximum absolute atomic E-state index is 12.4. The lowest BCUT2D eigenvalue weighted by Gasteiger charge is -2.16. The number of nitro groups is 1. The highest BCUT2D eigenvalue weighted by atomic mass is 35.5. The molecular weight excluding hydrogens is 270 g/mol. The van der Waals surface area contributed by atoms with Gasteiger partial charge in [-0.2, -0.15) is 10.2 Å². The van der Waals surface area contributed by atoms with Crippen molar-refractivity contribution >= 4 is 23.1 Å². The molecule has 0 spiro atoms. The van der Waals surface area contributed by atoms with Crippen LogP contribution in [0.25, 0.3) is 0 Å². The molecule has 1 aliphatic rings. The summed E-state index contributed by atoms with van der Waals surface area (Å²) in [5.74, 6) is -0.460. The quantitative estimate of drug-likeness (QED) is 0.481. The first-order valence-electron chi connectivity index (χ1n) is 5.44. The molecule has 0 atom stereocenters. The second-order valence-electron chi connectivity index (χ2n) is 4.56. The van der Waals surface area contributed by atoms with E-state index in [1.54, 1.807) is 13.8 Å². The molecule has 0 aliphatic carbocycles. The number of rotatable bonds is 3. The van der Waals surface area contributed by atoms with Crippen molar-refractivity contribution in [3.8, 4) is 0 Å². The van der Waals surface area contributed by atoms with Crippen LogP contribution in [0.5, 0.6) is 0 Å². The number of nitro benzene ring substituents is 1. The molecule has 0 fully saturated rings. The second-order valence-corrected chi connectivity index (χ2v) is 5.00. The van der Waals surface area contributed by atoms with Gasteiger partial charge in [0.15, 0.2) is 5.78 Å². The minimum Gasteiger partial charge on any atom is -0.289 e. The molecule has 0 unspecified atom stereocenters. The Kier molecular flexibility index (Phi) is 3.20. The second kappa shape index (κ2) is 4.55. The number of hydrogen-bond donors (Lipinski definition) is 0. The Labute approximate surface area is 113 Å². The van der Waals surface area contributed by atoms with E-state index in [0.717, 1.165) is 6.07 Å². The summed E-state index contributed by atoms with van der Waals surface area (Å²) >= 11 is 5.71. The van der Waals surface area contributed by atoms with Crippen molar-refractivity contribution in [1.29, 1.82) is 0 Å². The van der Waals surface area contributed by atoms with Gasteiger partial charge in [0.25, 0.3) is 5.69 Å². The zero-order valence-corrected chi connectivity index (χ0v) is 11.0. The van der Waals surface area contributed by atoms with Crippen LogP contribution in [0.15, 0.2) is 40.2 Å². The van der Waals surface area contributed by atoms with Gasteiger partial charge in [0.05, 0.1) is 11.1 Å². The minimum absolute atomic E-state index is 0.0129. The first kappa shape index (κ1) is 13.4. The van der Waals surface area contributed by atoms with Gasteiger partial charge in [0, 0.05) is 16.7 Å². The molecule has 0 saturated carbocycles. The summed E-state index contributed by atoms with van der Waals surface area (Å²) in [7, 11) is 0. The Balaban J connectivity index is 2.49. The number of Topliss-reactive ketones (excluding diaryl/α,β-unsaturated/α-hetero) is 1. The van der Waals surface area contributed by atoms with E-state index in [1.165, 1.54) is 18.3 Å². The lowest BCUT2D eigenvalue weighted by atomic mass is 9.89. The van der Waals surface area contributed by atoms with E-state index >= 15 is 0 Å². The molecule has 0 N–H and O–H groups in total. The van der Waals surface area contributed by atoms with Gasteiger partial charge in [-0.1, -0.05) is 11.6 Å². The molecule has 6 nitrogen and oxygen atoms in total. The van der Waals surface area contributed by atoms with Gasteiger partial charge in [-0.15, -0.1) is 0 Å². The fourth-order valence-corrected chi connectivity index (χ4v) is 1.94. The number of carbonyl (C=O) groups is 1. The summed E-state index contributed by atoms with van der Waals surface area (Å²) in [6.07, 6.45) is 1.33. The van der Waals surface area contributed by atoms with Gasteiger partial charge in [-0.25, -0.2) is 0 Å². The number of carbonyl (C=O) groups excluding carboxylic acids is 1. The van der Waals surface area contributed by atoms with Crippen molar-refractivity contribution in [2.24, 2.45) is 10.2 Å². The van der Waals surface area contributed by atoms with Crippen LogP contribution in [0.3, 0.4) is 0 Å². The summed E-state index contributed by atoms with van der Waals surface area (Å²) < 4.78 is 0. The highest BCUT2D eigenvalue weighted by Crippen LogP contribution is 2.33. The summed E-state index contributed by atoms with van der Waals surface area (Å²) in [6.45, 7) is 3.43. The Morgan fingerprint density at radius 2 is 2.11 bits per heavy atom. The van der Waals surface area contributed by atoms with E-state index in [4.69, 9.17) is 11.6 Å². The highest BCUT2D eigenvalue weighted by molar-refractivity contribution is 6.31. The van der Waals surface area contributed by atoms with Crippen LogP contribution in [0.4, 0.5) is 5.69 Å². The average molecular weight is 280 g/mol. The van der Waals surface area contributed by atoms with Crippen molar-refractivity contribution < 1.29 is 9.72 Å². The predicted octanol–water partition coefficient (Wildman–Crippen LogP) is 3.56. The third-order valence-corrected chi connectivity index (χ3v) is 3.03. The van der Waals surface area contributed by atoms with Crippen molar-refractivity contribution in [3.63, 3.8) is 0 Å². The zero-order chi connectivity index (χ0) is 14.2. The fraction of sp³-hybridized carbons (Fsp3) is 0.250. The van der Waals surface area contributed by atoms with Crippen molar-refractivity contribution in [2.75, 3.05) is 0 Å². The third-order valence-electron chi connectivity index (χ3n) is 2.80. The van der Waals surface area contributed by atoms with E-state index in [2.05, 4.69) is 10.2 Å². The van der Waals surface area contributed by atoms with Gasteiger partial charge in [-0.3, -0.25) is 14.9 Å². The normalized spacial score (nSPS) is 16.3. The summed E-state index contributed by atoms with van der Waals surface area (Å²) in [6, 6.07) is 3.95. The molecule has 2 rings (SSSR count). The molecule has 98 valence electrons. The third kappa shape index (κ3) is 2.39. The number of azo groups is 1. The van der Waals surface area contributed by atoms with Crippen molar-refractivity contribution in [1.82, 2.24) is 0 Å². The number of benzene rings is 1. The maximum Gasteiger partial charge on any atom is 0.282 e. The smallest absolute Gasteiger partial charge is 0.282 e. The predicted molar refractivity (Wildman–Crippen MR) is 69.5 cm³/mol. The molecule has 1 aromatic carbocycles. The molecule has 7 heteroatoms. The Morgan fingerprint density at radius 1 is 1.42 bits per heavy atom. The van der Waals surface area contributed by atoms with Gasteiger partial charge in [0.1, 0.15) is 11.1 Å². The Bertz CT molecular complexity index is 635. The van der Waals surface area contributed by atoms with Crippen molar-refractivity contribution in [3.05, 3.63) is 50.7 Å². The first-order valence-corrected chi connectivity index (χ1v) is 5.82. The lowest BCUT2D eigenvalue weighted by Crippen LogP contribution is -2.23. The molecule has 1 aliphatic heterocycles. The minimum atomic E-state index is -0.773. The first-order chi connectivity index (χ1) is 8.83. The topological polar surface area (TPSA) is 84.9 Å². The Morgan fingerprint density at radius 3 is 2.63 bits per heavy atom. The van der Waals surface area contributed by atoms with Crippen LogP contribution in [0, 0.1) is 10.1 Å². The number of ketones is 1. The number of hydrogen-bond acceptors (Lipinski definition) is 5. The summed E-state index contributed by atoms with van der Waals surface area (Å²) in [5, 5.41) is 18.8. The molecule has 1 heterocycles. The molecule has 0 saturated heterocycles. The molecule has 0 aromatic heterocycles. The van der Waals surface area contributed by atoms with E-state index < -0.39 is 16.2 Å². The monoisotopic (exact) mass is 279 g/mol. The maximum atomic E-state index is 12.4. The number of halogens is 1. The summed E-state index contributed by atoms with van der Waals surface area (Å²) in [4.78, 5) is 22.7. The average Bonchev–Trinajstić information content (AvgIpc) is 2.68. The van der Waals surface area contributed by atoms with Gasteiger partial charge >= 0.3 is 0 Å². The van der Waals surface area contributed by atoms with E-state index in [9.17, 15) is 14.9 Å². The molecule has 0 radical (unpaired) electrons. The van der Waals surface area contributed by atoms with Crippen LogP contribution < -0.4 is 0 Å². The van der Waals surface area contributed by atoms with Gasteiger partial charge < -0.3 is 0 Å².